The van der Waals surface area contributed by atoms with E-state index < -0.39 is 0 Å². The van der Waals surface area contributed by atoms with E-state index in [1.54, 1.807) is 18.2 Å². The van der Waals surface area contributed by atoms with E-state index >= 15 is 0 Å². The van der Waals surface area contributed by atoms with Crippen LogP contribution in [-0.2, 0) is 4.79 Å². The van der Waals surface area contributed by atoms with E-state index in [9.17, 15) is 4.79 Å². The Morgan fingerprint density at radius 2 is 2.24 bits per heavy atom. The fourth-order valence-electron chi connectivity index (χ4n) is 1.90. The van der Waals surface area contributed by atoms with Gasteiger partial charge in [0.2, 0.25) is 0 Å². The van der Waals surface area contributed by atoms with Gasteiger partial charge in [-0.2, -0.15) is 5.26 Å². The zero-order chi connectivity index (χ0) is 12.3. The summed E-state index contributed by atoms with van der Waals surface area (Å²) in [6.07, 6.45) is 1.85. The van der Waals surface area contributed by atoms with Crippen molar-refractivity contribution in [2.45, 2.75) is 25.4 Å². The first-order chi connectivity index (χ1) is 8.24. The van der Waals surface area contributed by atoms with E-state index in [4.69, 9.17) is 14.7 Å². The van der Waals surface area contributed by atoms with E-state index in [1.165, 1.54) is 7.11 Å². The number of hydrogen-bond donors (Lipinski definition) is 0. The number of ether oxygens (including phenoxy) is 2. The molecule has 0 amide bonds. The molecule has 88 valence electrons. The number of carbonyl (C=O) groups excluding carboxylic acids is 1. The molecule has 1 fully saturated rings. The molecule has 1 saturated carbocycles. The fourth-order valence-corrected chi connectivity index (χ4v) is 1.90. The molecule has 0 spiro atoms. The number of hydrogen-bond acceptors (Lipinski definition) is 4. The summed E-state index contributed by atoms with van der Waals surface area (Å²) in [5.41, 5.74) is 0.506. The van der Waals surface area contributed by atoms with Gasteiger partial charge in [0.1, 0.15) is 0 Å². The third-order valence-corrected chi connectivity index (χ3v) is 2.81. The van der Waals surface area contributed by atoms with Gasteiger partial charge >= 0.3 is 0 Å². The van der Waals surface area contributed by atoms with Gasteiger partial charge in [0.05, 0.1) is 18.7 Å². The second-order valence-electron chi connectivity index (χ2n) is 3.94. The molecule has 0 aliphatic heterocycles. The summed E-state index contributed by atoms with van der Waals surface area (Å²) in [6.45, 7) is 0. The van der Waals surface area contributed by atoms with Gasteiger partial charge in [0, 0.05) is 12.5 Å². The Hall–Kier alpha value is -2.02. The van der Waals surface area contributed by atoms with Crippen LogP contribution >= 0.6 is 0 Å². The number of methoxy groups -OCH3 is 1. The van der Waals surface area contributed by atoms with Crippen LogP contribution in [-0.4, -0.2) is 19.0 Å². The molecule has 0 radical (unpaired) electrons. The van der Waals surface area contributed by atoms with Gasteiger partial charge in [-0.15, -0.1) is 0 Å². The van der Waals surface area contributed by atoms with E-state index in [1.807, 2.05) is 6.07 Å². The summed E-state index contributed by atoms with van der Waals surface area (Å²) in [5.74, 6) is 1.15. The summed E-state index contributed by atoms with van der Waals surface area (Å²) in [6, 6.07) is 6.95. The molecule has 0 bridgehead atoms. The minimum Gasteiger partial charge on any atom is -0.493 e. The lowest BCUT2D eigenvalue weighted by Gasteiger charge is -2.14. The minimum absolute atomic E-state index is 0.136. The lowest BCUT2D eigenvalue weighted by Crippen LogP contribution is -2.21. The molecular weight excluding hydrogens is 218 g/mol. The predicted molar refractivity (Wildman–Crippen MR) is 61.0 cm³/mol. The molecule has 17 heavy (non-hydrogen) atoms. The van der Waals surface area contributed by atoms with Gasteiger partial charge in [-0.05, 0) is 25.0 Å². The maximum atomic E-state index is 11.5. The van der Waals surface area contributed by atoms with Crippen LogP contribution in [0.25, 0.3) is 0 Å². The van der Waals surface area contributed by atoms with E-state index in [0.29, 0.717) is 23.5 Å². The van der Waals surface area contributed by atoms with Crippen LogP contribution in [0, 0.1) is 11.3 Å². The van der Waals surface area contributed by atoms with Crippen LogP contribution in [0.5, 0.6) is 11.5 Å². The highest BCUT2D eigenvalue weighted by molar-refractivity contribution is 5.85. The third-order valence-electron chi connectivity index (χ3n) is 2.81. The second kappa shape index (κ2) is 4.88. The van der Waals surface area contributed by atoms with Crippen LogP contribution in [0.1, 0.15) is 24.8 Å². The Kier molecular flexibility index (Phi) is 3.29. The highest BCUT2D eigenvalue weighted by Crippen LogP contribution is 2.31. The summed E-state index contributed by atoms with van der Waals surface area (Å²) in [4.78, 5) is 11.5. The first-order valence-electron chi connectivity index (χ1n) is 5.52. The number of ketones is 1. The number of benzene rings is 1. The van der Waals surface area contributed by atoms with Gasteiger partial charge in [-0.1, -0.05) is 0 Å². The quantitative estimate of drug-likeness (QED) is 0.799. The Balaban J connectivity index is 2.20. The van der Waals surface area contributed by atoms with Crippen molar-refractivity contribution in [3.05, 3.63) is 23.8 Å². The molecule has 2 rings (SSSR count). The molecule has 4 nitrogen and oxygen atoms in total. The van der Waals surface area contributed by atoms with E-state index in [-0.39, 0.29) is 11.9 Å². The van der Waals surface area contributed by atoms with E-state index in [2.05, 4.69) is 0 Å². The van der Waals surface area contributed by atoms with Gasteiger partial charge in [0.25, 0.3) is 0 Å². The zero-order valence-corrected chi connectivity index (χ0v) is 9.60. The van der Waals surface area contributed by atoms with Gasteiger partial charge < -0.3 is 9.47 Å². The van der Waals surface area contributed by atoms with Gasteiger partial charge in [0.15, 0.2) is 23.4 Å². The van der Waals surface area contributed by atoms with Crippen LogP contribution in [0.4, 0.5) is 0 Å². The normalized spacial score (nSPS) is 18.8. The topological polar surface area (TPSA) is 59.3 Å². The van der Waals surface area contributed by atoms with Crippen LogP contribution in [0.15, 0.2) is 18.2 Å². The average molecular weight is 231 g/mol. The van der Waals surface area contributed by atoms with Crippen LogP contribution < -0.4 is 9.47 Å². The molecule has 4 heteroatoms. The number of nitriles is 1. The Labute approximate surface area is 99.8 Å². The first-order valence-corrected chi connectivity index (χ1v) is 5.52. The Bertz CT molecular complexity index is 476. The lowest BCUT2D eigenvalue weighted by atomic mass is 10.2. The van der Waals surface area contributed by atoms with Crippen LogP contribution in [0.2, 0.25) is 0 Å². The first kappa shape index (κ1) is 11.5. The molecule has 1 aliphatic rings. The van der Waals surface area contributed by atoms with Gasteiger partial charge in [-0.25, -0.2) is 0 Å². The van der Waals surface area contributed by atoms with Crippen molar-refractivity contribution in [2.24, 2.45) is 0 Å². The van der Waals surface area contributed by atoms with Gasteiger partial charge in [-0.3, -0.25) is 4.79 Å². The average Bonchev–Trinajstić information content (AvgIpc) is 2.75. The van der Waals surface area contributed by atoms with Crippen LogP contribution in [0.3, 0.4) is 0 Å². The molecule has 1 aromatic rings. The summed E-state index contributed by atoms with van der Waals surface area (Å²) < 4.78 is 10.8. The zero-order valence-electron chi connectivity index (χ0n) is 9.60. The highest BCUT2D eigenvalue weighted by Gasteiger charge is 2.27. The summed E-state index contributed by atoms with van der Waals surface area (Å²) in [7, 11) is 1.51. The molecular formula is C13H13NO3. The summed E-state index contributed by atoms with van der Waals surface area (Å²) in [5, 5.41) is 8.77. The molecule has 1 aliphatic carbocycles. The van der Waals surface area contributed by atoms with Crippen molar-refractivity contribution in [3.63, 3.8) is 0 Å². The van der Waals surface area contributed by atoms with Crippen molar-refractivity contribution >= 4 is 5.78 Å². The monoisotopic (exact) mass is 231 g/mol. The van der Waals surface area contributed by atoms with Crippen molar-refractivity contribution < 1.29 is 14.3 Å². The molecule has 0 N–H and O–H groups in total. The maximum Gasteiger partial charge on any atom is 0.173 e. The van der Waals surface area contributed by atoms with Crippen molar-refractivity contribution in [2.75, 3.05) is 7.11 Å². The molecule has 0 saturated heterocycles. The molecule has 1 aromatic carbocycles. The minimum atomic E-state index is -0.364. The molecule has 0 unspecified atom stereocenters. The van der Waals surface area contributed by atoms with Crippen molar-refractivity contribution in [3.8, 4) is 17.6 Å². The third kappa shape index (κ3) is 2.39. The van der Waals surface area contributed by atoms with Crippen molar-refractivity contribution in [1.82, 2.24) is 0 Å². The number of nitrogens with zero attached hydrogens (tertiary/aromatic N) is 1. The molecule has 0 aromatic heterocycles. The fraction of sp³-hybridized carbons (Fsp3) is 0.385. The molecule has 1 atom stereocenters. The second-order valence-corrected chi connectivity index (χ2v) is 3.94. The number of Topliss-reactive ketones (excluding diaryl/α,β-unsaturated/α-hetero) is 1. The summed E-state index contributed by atoms with van der Waals surface area (Å²) >= 11 is 0. The largest absolute Gasteiger partial charge is 0.493 e. The SMILES string of the molecule is COc1cc(C#N)ccc1O[C@@H]1CCCC1=O. The number of carbonyl (C=O) groups is 1. The standard InChI is InChI=1S/C13H13NO3/c1-16-13-7-9(8-14)5-6-12(13)17-11-4-2-3-10(11)15/h5-7,11H,2-4H2,1H3/t11-/m1/s1. The van der Waals surface area contributed by atoms with E-state index in [0.717, 1.165) is 12.8 Å². The van der Waals surface area contributed by atoms with Crippen molar-refractivity contribution in [1.29, 1.82) is 5.26 Å². The molecule has 0 heterocycles. The Morgan fingerprint density at radius 1 is 1.41 bits per heavy atom. The highest BCUT2D eigenvalue weighted by atomic mass is 16.5. The maximum absolute atomic E-state index is 11.5. The lowest BCUT2D eigenvalue weighted by molar-refractivity contribution is -0.123. The Morgan fingerprint density at radius 3 is 2.82 bits per heavy atom. The number of rotatable bonds is 3. The smallest absolute Gasteiger partial charge is 0.173 e. The predicted octanol–water partition coefficient (Wildman–Crippen LogP) is 2.07.